The second kappa shape index (κ2) is 4.88. The lowest BCUT2D eigenvalue weighted by atomic mass is 10.0. The summed E-state index contributed by atoms with van der Waals surface area (Å²) in [5.41, 5.74) is 9.10. The minimum Gasteiger partial charge on any atom is -0.324 e. The van der Waals surface area contributed by atoms with E-state index in [2.05, 4.69) is 33.0 Å². The Kier molecular flexibility index (Phi) is 3.51. The fourth-order valence-electron chi connectivity index (χ4n) is 1.39. The molecule has 4 heteroatoms. The molecule has 1 heterocycles. The lowest BCUT2D eigenvalue weighted by Crippen LogP contribution is -2.12. The molecule has 2 aromatic rings. The highest BCUT2D eigenvalue weighted by atomic mass is 79.9. The molecule has 2 rings (SSSR count). The number of halogens is 1. The standard InChI is InChI=1S/C11H11BrN2S/c12-9-3-1-8(2-4-9)11(13)5-10-6-14-7-15-10/h1-4,6-7,11H,5,13H2. The summed E-state index contributed by atoms with van der Waals surface area (Å²) < 4.78 is 1.08. The van der Waals surface area contributed by atoms with Crippen molar-refractivity contribution in [1.82, 2.24) is 4.98 Å². The number of hydrogen-bond acceptors (Lipinski definition) is 3. The zero-order valence-corrected chi connectivity index (χ0v) is 10.5. The van der Waals surface area contributed by atoms with Crippen LogP contribution < -0.4 is 5.73 Å². The van der Waals surface area contributed by atoms with Crippen LogP contribution in [0.5, 0.6) is 0 Å². The van der Waals surface area contributed by atoms with Crippen LogP contribution in [0.4, 0.5) is 0 Å². The van der Waals surface area contributed by atoms with Crippen LogP contribution in [0.15, 0.2) is 40.4 Å². The highest BCUT2D eigenvalue weighted by molar-refractivity contribution is 9.10. The van der Waals surface area contributed by atoms with Crippen LogP contribution >= 0.6 is 27.3 Å². The first-order chi connectivity index (χ1) is 7.25. The van der Waals surface area contributed by atoms with E-state index in [1.54, 1.807) is 11.3 Å². The van der Waals surface area contributed by atoms with Gasteiger partial charge in [-0.15, -0.1) is 11.3 Å². The van der Waals surface area contributed by atoms with Gasteiger partial charge in [-0.3, -0.25) is 4.98 Å². The van der Waals surface area contributed by atoms with E-state index in [4.69, 9.17) is 5.73 Å². The van der Waals surface area contributed by atoms with Crippen LogP contribution in [0.1, 0.15) is 16.5 Å². The Bertz CT molecular complexity index is 411. The summed E-state index contributed by atoms with van der Waals surface area (Å²) in [5.74, 6) is 0. The van der Waals surface area contributed by atoms with Crippen LogP contribution in [-0.2, 0) is 6.42 Å². The largest absolute Gasteiger partial charge is 0.324 e. The number of nitrogens with two attached hydrogens (primary N) is 1. The molecule has 1 unspecified atom stereocenters. The van der Waals surface area contributed by atoms with E-state index >= 15 is 0 Å². The zero-order chi connectivity index (χ0) is 10.7. The quantitative estimate of drug-likeness (QED) is 0.939. The number of nitrogens with zero attached hydrogens (tertiary/aromatic N) is 1. The molecule has 0 aliphatic heterocycles. The third-order valence-corrected chi connectivity index (χ3v) is 3.53. The summed E-state index contributed by atoms with van der Waals surface area (Å²) in [6.45, 7) is 0. The van der Waals surface area contributed by atoms with E-state index in [0.29, 0.717) is 0 Å². The van der Waals surface area contributed by atoms with E-state index in [-0.39, 0.29) is 6.04 Å². The molecule has 0 saturated carbocycles. The van der Waals surface area contributed by atoms with E-state index in [1.165, 1.54) is 4.88 Å². The predicted molar refractivity (Wildman–Crippen MR) is 66.9 cm³/mol. The van der Waals surface area contributed by atoms with Crippen molar-refractivity contribution < 1.29 is 0 Å². The molecule has 0 fully saturated rings. The third-order valence-electron chi connectivity index (χ3n) is 2.20. The molecule has 0 aliphatic carbocycles. The molecule has 0 bridgehead atoms. The Morgan fingerprint density at radius 3 is 2.67 bits per heavy atom. The van der Waals surface area contributed by atoms with E-state index in [0.717, 1.165) is 16.5 Å². The van der Waals surface area contributed by atoms with Crippen LogP contribution in [-0.4, -0.2) is 4.98 Å². The first kappa shape index (κ1) is 10.8. The maximum absolute atomic E-state index is 6.10. The first-order valence-corrected chi connectivity index (χ1v) is 6.31. The van der Waals surface area contributed by atoms with Gasteiger partial charge < -0.3 is 5.73 Å². The molecule has 0 radical (unpaired) electrons. The summed E-state index contributed by atoms with van der Waals surface area (Å²) in [6.07, 6.45) is 2.73. The maximum Gasteiger partial charge on any atom is 0.0794 e. The average Bonchev–Trinajstić information content (AvgIpc) is 2.71. The topological polar surface area (TPSA) is 38.9 Å². The van der Waals surface area contributed by atoms with Gasteiger partial charge in [0.2, 0.25) is 0 Å². The molecule has 2 nitrogen and oxygen atoms in total. The predicted octanol–water partition coefficient (Wildman–Crippen LogP) is 3.15. The summed E-state index contributed by atoms with van der Waals surface area (Å²) in [5, 5.41) is 0. The van der Waals surface area contributed by atoms with Gasteiger partial charge in [0, 0.05) is 28.0 Å². The average molecular weight is 283 g/mol. The number of benzene rings is 1. The second-order valence-electron chi connectivity index (χ2n) is 3.33. The van der Waals surface area contributed by atoms with Crippen molar-refractivity contribution in [1.29, 1.82) is 0 Å². The van der Waals surface area contributed by atoms with Crippen LogP contribution in [0.3, 0.4) is 0 Å². The second-order valence-corrected chi connectivity index (χ2v) is 5.22. The highest BCUT2D eigenvalue weighted by Gasteiger charge is 2.07. The lowest BCUT2D eigenvalue weighted by molar-refractivity contribution is 0.729. The van der Waals surface area contributed by atoms with Crippen molar-refractivity contribution >= 4 is 27.3 Å². The van der Waals surface area contributed by atoms with Crippen LogP contribution in [0.25, 0.3) is 0 Å². The smallest absolute Gasteiger partial charge is 0.0794 e. The first-order valence-electron chi connectivity index (χ1n) is 4.64. The minimum absolute atomic E-state index is 0.0542. The van der Waals surface area contributed by atoms with Gasteiger partial charge in [-0.1, -0.05) is 28.1 Å². The highest BCUT2D eigenvalue weighted by Crippen LogP contribution is 2.20. The molecular formula is C11H11BrN2S. The van der Waals surface area contributed by atoms with Gasteiger partial charge in [0.25, 0.3) is 0 Å². The van der Waals surface area contributed by atoms with Gasteiger partial charge in [0.15, 0.2) is 0 Å². The van der Waals surface area contributed by atoms with Gasteiger partial charge in [-0.2, -0.15) is 0 Å². The van der Waals surface area contributed by atoms with E-state index in [9.17, 15) is 0 Å². The van der Waals surface area contributed by atoms with Gasteiger partial charge in [0.05, 0.1) is 5.51 Å². The maximum atomic E-state index is 6.10. The Morgan fingerprint density at radius 1 is 1.33 bits per heavy atom. The minimum atomic E-state index is 0.0542. The van der Waals surface area contributed by atoms with Crippen molar-refractivity contribution in [2.24, 2.45) is 5.73 Å². The fourth-order valence-corrected chi connectivity index (χ4v) is 2.31. The van der Waals surface area contributed by atoms with Crippen molar-refractivity contribution in [3.63, 3.8) is 0 Å². The number of aromatic nitrogens is 1. The summed E-state index contributed by atoms with van der Waals surface area (Å²) in [6, 6.07) is 8.19. The molecule has 0 saturated heterocycles. The van der Waals surface area contributed by atoms with Gasteiger partial charge in [-0.05, 0) is 17.7 Å². The van der Waals surface area contributed by atoms with Gasteiger partial charge in [0.1, 0.15) is 0 Å². The van der Waals surface area contributed by atoms with Crippen LogP contribution in [0.2, 0.25) is 0 Å². The normalized spacial score (nSPS) is 12.7. The molecule has 0 amide bonds. The van der Waals surface area contributed by atoms with Gasteiger partial charge >= 0.3 is 0 Å². The Hall–Kier alpha value is -0.710. The third kappa shape index (κ3) is 2.87. The monoisotopic (exact) mass is 282 g/mol. The number of rotatable bonds is 3. The summed E-state index contributed by atoms with van der Waals surface area (Å²) in [7, 11) is 0. The molecule has 0 spiro atoms. The Labute approximate surface area is 101 Å². The molecule has 78 valence electrons. The zero-order valence-electron chi connectivity index (χ0n) is 8.06. The fraction of sp³-hybridized carbons (Fsp3) is 0.182. The molecule has 1 aromatic carbocycles. The van der Waals surface area contributed by atoms with Crippen LogP contribution in [0, 0.1) is 0 Å². The molecule has 15 heavy (non-hydrogen) atoms. The Balaban J connectivity index is 2.08. The molecule has 1 aromatic heterocycles. The lowest BCUT2D eigenvalue weighted by Gasteiger charge is -2.10. The van der Waals surface area contributed by atoms with Crippen molar-refractivity contribution in [3.05, 3.63) is 50.9 Å². The van der Waals surface area contributed by atoms with Crippen molar-refractivity contribution in [2.75, 3.05) is 0 Å². The molecule has 1 atom stereocenters. The Morgan fingerprint density at radius 2 is 2.07 bits per heavy atom. The molecule has 2 N–H and O–H groups in total. The molecule has 0 aliphatic rings. The van der Waals surface area contributed by atoms with Crippen molar-refractivity contribution in [3.8, 4) is 0 Å². The van der Waals surface area contributed by atoms with E-state index < -0.39 is 0 Å². The van der Waals surface area contributed by atoms with E-state index in [1.807, 2.05) is 23.8 Å². The molecular weight excluding hydrogens is 272 g/mol. The number of hydrogen-bond donors (Lipinski definition) is 1. The SMILES string of the molecule is NC(Cc1cncs1)c1ccc(Br)cc1. The number of thiazole rings is 1. The summed E-state index contributed by atoms with van der Waals surface area (Å²) >= 11 is 5.06. The van der Waals surface area contributed by atoms with Crippen molar-refractivity contribution in [2.45, 2.75) is 12.5 Å². The summed E-state index contributed by atoms with van der Waals surface area (Å²) in [4.78, 5) is 5.27. The van der Waals surface area contributed by atoms with Gasteiger partial charge in [-0.25, -0.2) is 0 Å².